The number of thiazole rings is 1. The maximum atomic E-state index is 13.3. The first-order valence-corrected chi connectivity index (χ1v) is 7.61. The van der Waals surface area contributed by atoms with Crippen LogP contribution in [0.15, 0.2) is 28.8 Å². The van der Waals surface area contributed by atoms with Gasteiger partial charge in [-0.25, -0.2) is 4.98 Å². The number of rotatable bonds is 3. The Morgan fingerprint density at radius 2 is 1.88 bits per heavy atom. The number of alkyl halides is 6. The van der Waals surface area contributed by atoms with Gasteiger partial charge in [-0.3, -0.25) is 13.9 Å². The van der Waals surface area contributed by atoms with Crippen molar-refractivity contribution in [3.8, 4) is 11.1 Å². The van der Waals surface area contributed by atoms with Crippen molar-refractivity contribution < 1.29 is 26.3 Å². The molecule has 0 amide bonds. The Hall–Kier alpha value is -2.37. The van der Waals surface area contributed by atoms with Gasteiger partial charge in [0.15, 0.2) is 10.7 Å². The average Bonchev–Trinajstić information content (AvgIpc) is 3.12. The van der Waals surface area contributed by atoms with Crippen LogP contribution in [-0.2, 0) is 12.7 Å². The van der Waals surface area contributed by atoms with Crippen LogP contribution in [0, 0.1) is 0 Å². The van der Waals surface area contributed by atoms with Crippen LogP contribution in [0.1, 0.15) is 12.1 Å². The zero-order valence-corrected chi connectivity index (χ0v) is 12.9. The molecule has 12 heteroatoms. The van der Waals surface area contributed by atoms with E-state index < -0.39 is 42.1 Å². The summed E-state index contributed by atoms with van der Waals surface area (Å²) < 4.78 is 78.3. The summed E-state index contributed by atoms with van der Waals surface area (Å²) in [6, 6.07) is 0. The Morgan fingerprint density at radius 3 is 2.52 bits per heavy atom. The van der Waals surface area contributed by atoms with Crippen molar-refractivity contribution in [3.63, 3.8) is 0 Å². The first-order chi connectivity index (χ1) is 11.6. The van der Waals surface area contributed by atoms with Gasteiger partial charge in [0.2, 0.25) is 0 Å². The second kappa shape index (κ2) is 5.86. The standard InChI is InChI=1S/C13H8F6N4OS/c14-12(15,16)1-2-22-6-7(5-20-22)8-9(13(17,18)19)21-11-23(10(8)24)3-4-25-11/h3-6H,1-2H2. The zero-order valence-electron chi connectivity index (χ0n) is 12.1. The van der Waals surface area contributed by atoms with E-state index in [1.807, 2.05) is 0 Å². The van der Waals surface area contributed by atoms with Crippen LogP contribution < -0.4 is 5.56 Å². The van der Waals surface area contributed by atoms with E-state index in [0.29, 0.717) is 0 Å². The smallest absolute Gasteiger partial charge is 0.272 e. The third kappa shape index (κ3) is 3.52. The molecule has 25 heavy (non-hydrogen) atoms. The van der Waals surface area contributed by atoms with Crippen LogP contribution in [-0.4, -0.2) is 25.3 Å². The number of halogens is 6. The summed E-state index contributed by atoms with van der Waals surface area (Å²) in [6.45, 7) is -0.569. The molecule has 0 spiro atoms. The van der Waals surface area contributed by atoms with E-state index in [2.05, 4.69) is 10.1 Å². The lowest BCUT2D eigenvalue weighted by Gasteiger charge is -2.10. The number of nitrogens with zero attached hydrogens (tertiary/aromatic N) is 4. The number of aryl methyl sites for hydroxylation is 1. The van der Waals surface area contributed by atoms with Gasteiger partial charge in [-0.2, -0.15) is 31.4 Å². The van der Waals surface area contributed by atoms with Crippen molar-refractivity contribution in [1.29, 1.82) is 0 Å². The van der Waals surface area contributed by atoms with Crippen LogP contribution in [0.4, 0.5) is 26.3 Å². The van der Waals surface area contributed by atoms with E-state index in [1.165, 1.54) is 11.6 Å². The molecule has 0 saturated carbocycles. The number of hydrogen-bond donors (Lipinski definition) is 0. The van der Waals surface area contributed by atoms with E-state index in [0.717, 1.165) is 32.8 Å². The minimum atomic E-state index is -4.90. The van der Waals surface area contributed by atoms with Gasteiger partial charge in [-0.1, -0.05) is 0 Å². The summed E-state index contributed by atoms with van der Waals surface area (Å²) >= 11 is 0.858. The molecule has 0 aliphatic heterocycles. The van der Waals surface area contributed by atoms with Crippen LogP contribution in [0.2, 0.25) is 0 Å². The molecule has 0 bridgehead atoms. The molecule has 3 rings (SSSR count). The van der Waals surface area contributed by atoms with Gasteiger partial charge in [-0.15, -0.1) is 11.3 Å². The summed E-state index contributed by atoms with van der Waals surface area (Å²) in [7, 11) is 0. The van der Waals surface area contributed by atoms with Crippen molar-refractivity contribution in [1.82, 2.24) is 19.2 Å². The van der Waals surface area contributed by atoms with Crippen molar-refractivity contribution in [2.75, 3.05) is 0 Å². The number of fused-ring (bicyclic) bond motifs is 1. The van der Waals surface area contributed by atoms with Gasteiger partial charge in [0.25, 0.3) is 5.56 Å². The van der Waals surface area contributed by atoms with Crippen molar-refractivity contribution in [3.05, 3.63) is 40.0 Å². The Morgan fingerprint density at radius 1 is 1.16 bits per heavy atom. The summed E-state index contributed by atoms with van der Waals surface area (Å²) in [6.07, 6.45) is -7.36. The van der Waals surface area contributed by atoms with E-state index in [-0.39, 0.29) is 10.5 Å². The van der Waals surface area contributed by atoms with Gasteiger partial charge in [0.1, 0.15) is 0 Å². The maximum Gasteiger partial charge on any atom is 0.434 e. The number of aromatic nitrogens is 4. The Kier molecular flexibility index (Phi) is 4.09. The third-order valence-electron chi connectivity index (χ3n) is 3.28. The van der Waals surface area contributed by atoms with Crippen molar-refractivity contribution in [2.45, 2.75) is 25.3 Å². The van der Waals surface area contributed by atoms with Gasteiger partial charge in [0, 0.05) is 29.9 Å². The predicted molar refractivity (Wildman–Crippen MR) is 76.2 cm³/mol. The highest BCUT2D eigenvalue weighted by molar-refractivity contribution is 7.15. The Labute approximate surface area is 139 Å². The maximum absolute atomic E-state index is 13.3. The van der Waals surface area contributed by atoms with Crippen LogP contribution >= 0.6 is 11.3 Å². The quantitative estimate of drug-likeness (QED) is 0.651. The molecule has 0 aliphatic rings. The second-order valence-corrected chi connectivity index (χ2v) is 5.92. The molecule has 134 valence electrons. The lowest BCUT2D eigenvalue weighted by atomic mass is 10.1. The molecular formula is C13H8F6N4OS. The highest BCUT2D eigenvalue weighted by Crippen LogP contribution is 2.34. The van der Waals surface area contributed by atoms with E-state index in [1.54, 1.807) is 0 Å². The van der Waals surface area contributed by atoms with E-state index in [9.17, 15) is 31.1 Å². The van der Waals surface area contributed by atoms with Crippen LogP contribution in [0.5, 0.6) is 0 Å². The average molecular weight is 382 g/mol. The monoisotopic (exact) mass is 382 g/mol. The molecule has 0 unspecified atom stereocenters. The largest absolute Gasteiger partial charge is 0.434 e. The SMILES string of the molecule is O=c1c(-c2cnn(CCC(F)(F)F)c2)c(C(F)(F)F)nc2sccn12. The fourth-order valence-corrected chi connectivity index (χ4v) is 2.91. The molecule has 5 nitrogen and oxygen atoms in total. The van der Waals surface area contributed by atoms with Crippen LogP contribution in [0.25, 0.3) is 16.1 Å². The normalized spacial score (nSPS) is 12.9. The fourth-order valence-electron chi connectivity index (χ4n) is 2.20. The highest BCUT2D eigenvalue weighted by atomic mass is 32.1. The third-order valence-corrected chi connectivity index (χ3v) is 4.04. The van der Waals surface area contributed by atoms with Gasteiger partial charge in [-0.05, 0) is 0 Å². The molecule has 3 heterocycles. The zero-order chi connectivity index (χ0) is 18.4. The van der Waals surface area contributed by atoms with E-state index in [4.69, 9.17) is 0 Å². The van der Waals surface area contributed by atoms with Crippen molar-refractivity contribution in [2.24, 2.45) is 0 Å². The first kappa shape index (κ1) is 17.5. The Bertz CT molecular complexity index is 967. The molecule has 0 saturated heterocycles. The highest BCUT2D eigenvalue weighted by Gasteiger charge is 2.38. The molecule has 0 N–H and O–H groups in total. The van der Waals surface area contributed by atoms with E-state index >= 15 is 0 Å². The van der Waals surface area contributed by atoms with Crippen LogP contribution in [0.3, 0.4) is 0 Å². The minimum Gasteiger partial charge on any atom is -0.272 e. The van der Waals surface area contributed by atoms with Gasteiger partial charge < -0.3 is 0 Å². The second-order valence-electron chi connectivity index (χ2n) is 5.05. The molecule has 0 fully saturated rings. The topological polar surface area (TPSA) is 52.2 Å². The molecule has 0 radical (unpaired) electrons. The summed E-state index contributed by atoms with van der Waals surface area (Å²) in [5, 5.41) is 5.01. The molecule has 3 aromatic rings. The first-order valence-electron chi connectivity index (χ1n) is 6.73. The van der Waals surface area contributed by atoms with Gasteiger partial charge in [0.05, 0.1) is 18.2 Å². The lowest BCUT2D eigenvalue weighted by molar-refractivity contribution is -0.140. The molecule has 0 atom stereocenters. The molecule has 3 aromatic heterocycles. The summed E-state index contributed by atoms with van der Waals surface area (Å²) in [4.78, 5) is 15.7. The summed E-state index contributed by atoms with van der Waals surface area (Å²) in [5.41, 5.74) is -3.35. The van der Waals surface area contributed by atoms with Gasteiger partial charge >= 0.3 is 12.4 Å². The van der Waals surface area contributed by atoms with Crippen molar-refractivity contribution >= 4 is 16.3 Å². The Balaban J connectivity index is 2.10. The predicted octanol–water partition coefficient (Wildman–Crippen LogP) is 3.59. The fraction of sp³-hybridized carbons (Fsp3) is 0.308. The lowest BCUT2D eigenvalue weighted by Crippen LogP contribution is -2.22. The molecule has 0 aliphatic carbocycles. The minimum absolute atomic E-state index is 0.134. The summed E-state index contributed by atoms with van der Waals surface area (Å²) in [5.74, 6) is 0. The number of hydrogen-bond acceptors (Lipinski definition) is 4. The molecule has 0 aromatic carbocycles. The molecular weight excluding hydrogens is 374 g/mol.